The minimum atomic E-state index is -0.327. The highest BCUT2D eigenvalue weighted by Gasteiger charge is 2.18. The van der Waals surface area contributed by atoms with Crippen LogP contribution in [0, 0.1) is 5.82 Å². The molecule has 0 amide bonds. The summed E-state index contributed by atoms with van der Waals surface area (Å²) in [6.07, 6.45) is 0. The van der Waals surface area contributed by atoms with Crippen LogP contribution in [0.2, 0.25) is 20.1 Å². The normalized spacial score (nSPS) is 10.9. The van der Waals surface area contributed by atoms with E-state index >= 15 is 0 Å². The van der Waals surface area contributed by atoms with Gasteiger partial charge in [0.15, 0.2) is 0 Å². The van der Waals surface area contributed by atoms with Gasteiger partial charge in [-0.3, -0.25) is 0 Å². The maximum atomic E-state index is 13.4. The van der Waals surface area contributed by atoms with Crippen LogP contribution in [-0.4, -0.2) is 7.05 Å². The van der Waals surface area contributed by atoms with Crippen LogP contribution in [0.4, 0.5) is 4.39 Å². The number of hydrogen-bond donors (Lipinski definition) is 1. The molecule has 0 heterocycles. The maximum absolute atomic E-state index is 13.4. The summed E-state index contributed by atoms with van der Waals surface area (Å²) in [5, 5.41) is 4.11. The Morgan fingerprint density at radius 2 is 1.70 bits per heavy atom. The van der Waals surface area contributed by atoms with Crippen LogP contribution in [0.25, 0.3) is 11.1 Å². The van der Waals surface area contributed by atoms with Crippen LogP contribution in [0.3, 0.4) is 0 Å². The molecule has 0 unspecified atom stereocenters. The summed E-state index contributed by atoms with van der Waals surface area (Å²) in [7, 11) is 1.77. The minimum absolute atomic E-state index is 0.229. The molecule has 106 valence electrons. The predicted octanol–water partition coefficient (Wildman–Crippen LogP) is 5.83. The van der Waals surface area contributed by atoms with Crippen molar-refractivity contribution in [3.8, 4) is 11.1 Å². The second-order valence-electron chi connectivity index (χ2n) is 4.17. The van der Waals surface area contributed by atoms with Crippen LogP contribution in [0.1, 0.15) is 5.56 Å². The predicted molar refractivity (Wildman–Crippen MR) is 84.6 cm³/mol. The van der Waals surface area contributed by atoms with Gasteiger partial charge in [-0.2, -0.15) is 0 Å². The lowest BCUT2D eigenvalue weighted by molar-refractivity contribution is 0.624. The van der Waals surface area contributed by atoms with Gasteiger partial charge in [-0.1, -0.05) is 52.5 Å². The molecule has 0 saturated heterocycles. The standard InChI is InChI=1S/C14H10Cl4FN/c1-20-6-7-4-8(19)2-3-9(7)12-10(15)5-11(16)13(17)14(12)18/h2-5,20H,6H2,1H3. The Bertz CT molecular complexity index is 658. The largest absolute Gasteiger partial charge is 0.316 e. The van der Waals surface area contributed by atoms with Gasteiger partial charge in [-0.15, -0.1) is 0 Å². The van der Waals surface area contributed by atoms with Gasteiger partial charge >= 0.3 is 0 Å². The van der Waals surface area contributed by atoms with Gasteiger partial charge < -0.3 is 5.32 Å². The number of halogens is 5. The van der Waals surface area contributed by atoms with Crippen molar-refractivity contribution in [1.29, 1.82) is 0 Å². The summed E-state index contributed by atoms with van der Waals surface area (Å²) in [6.45, 7) is 0.472. The number of nitrogens with one attached hydrogen (secondary N) is 1. The first kappa shape index (κ1) is 15.9. The second-order valence-corrected chi connectivity index (χ2v) is 5.75. The average Bonchev–Trinajstić information content (AvgIpc) is 2.39. The van der Waals surface area contributed by atoms with Crippen molar-refractivity contribution >= 4 is 46.4 Å². The van der Waals surface area contributed by atoms with Gasteiger partial charge in [0.2, 0.25) is 0 Å². The van der Waals surface area contributed by atoms with Crippen molar-refractivity contribution in [2.24, 2.45) is 0 Å². The maximum Gasteiger partial charge on any atom is 0.123 e. The highest BCUT2D eigenvalue weighted by atomic mass is 35.5. The van der Waals surface area contributed by atoms with E-state index in [1.807, 2.05) is 0 Å². The molecule has 0 aliphatic heterocycles. The van der Waals surface area contributed by atoms with Crippen molar-refractivity contribution < 1.29 is 4.39 Å². The summed E-state index contributed by atoms with van der Waals surface area (Å²) < 4.78 is 13.4. The summed E-state index contributed by atoms with van der Waals surface area (Å²) in [5.74, 6) is -0.327. The molecule has 0 aromatic heterocycles. The number of benzene rings is 2. The summed E-state index contributed by atoms with van der Waals surface area (Å²) in [6, 6.07) is 5.93. The number of hydrogen-bond acceptors (Lipinski definition) is 1. The summed E-state index contributed by atoms with van der Waals surface area (Å²) >= 11 is 24.4. The Labute approximate surface area is 136 Å². The third-order valence-electron chi connectivity index (χ3n) is 2.82. The van der Waals surface area contributed by atoms with Gasteiger partial charge in [0.1, 0.15) is 5.82 Å². The zero-order valence-corrected chi connectivity index (χ0v) is 13.4. The molecule has 0 bridgehead atoms. The Morgan fingerprint density at radius 3 is 2.35 bits per heavy atom. The first-order valence-electron chi connectivity index (χ1n) is 5.72. The zero-order valence-electron chi connectivity index (χ0n) is 10.4. The minimum Gasteiger partial charge on any atom is -0.316 e. The summed E-state index contributed by atoms with van der Waals surface area (Å²) in [5.41, 5.74) is 2.00. The molecule has 0 radical (unpaired) electrons. The topological polar surface area (TPSA) is 12.0 Å². The van der Waals surface area contributed by atoms with Gasteiger partial charge in [-0.05, 0) is 36.4 Å². The average molecular weight is 353 g/mol. The Kier molecular flexibility index (Phi) is 5.16. The van der Waals surface area contributed by atoms with E-state index in [0.717, 1.165) is 5.56 Å². The van der Waals surface area contributed by atoms with Crippen molar-refractivity contribution in [2.45, 2.75) is 6.54 Å². The highest BCUT2D eigenvalue weighted by molar-refractivity contribution is 6.51. The quantitative estimate of drug-likeness (QED) is 0.541. The lowest BCUT2D eigenvalue weighted by Crippen LogP contribution is -2.07. The van der Waals surface area contributed by atoms with Crippen LogP contribution in [0.15, 0.2) is 24.3 Å². The van der Waals surface area contributed by atoms with Crippen molar-refractivity contribution in [1.82, 2.24) is 5.32 Å². The molecule has 0 aliphatic carbocycles. The lowest BCUT2D eigenvalue weighted by Gasteiger charge is -2.14. The molecule has 20 heavy (non-hydrogen) atoms. The molecular weight excluding hydrogens is 343 g/mol. The first-order chi connectivity index (χ1) is 9.45. The lowest BCUT2D eigenvalue weighted by atomic mass is 9.99. The van der Waals surface area contributed by atoms with Crippen molar-refractivity contribution in [3.05, 3.63) is 55.7 Å². The number of rotatable bonds is 3. The van der Waals surface area contributed by atoms with Gasteiger partial charge in [-0.25, -0.2) is 4.39 Å². The van der Waals surface area contributed by atoms with E-state index in [-0.39, 0.29) is 20.9 Å². The molecule has 1 N–H and O–H groups in total. The zero-order chi connectivity index (χ0) is 14.9. The Balaban J connectivity index is 2.71. The van der Waals surface area contributed by atoms with E-state index in [2.05, 4.69) is 5.32 Å². The van der Waals surface area contributed by atoms with Crippen molar-refractivity contribution in [2.75, 3.05) is 7.05 Å². The molecule has 2 aromatic carbocycles. The van der Waals surface area contributed by atoms with Crippen LogP contribution in [0.5, 0.6) is 0 Å². The van der Waals surface area contributed by atoms with Crippen LogP contribution < -0.4 is 5.32 Å². The van der Waals surface area contributed by atoms with Crippen molar-refractivity contribution in [3.63, 3.8) is 0 Å². The van der Waals surface area contributed by atoms with E-state index < -0.39 is 0 Å². The van der Waals surface area contributed by atoms with E-state index in [1.54, 1.807) is 13.1 Å². The van der Waals surface area contributed by atoms with Gasteiger partial charge in [0, 0.05) is 12.1 Å². The molecule has 0 saturated carbocycles. The molecule has 0 spiro atoms. The monoisotopic (exact) mass is 351 g/mol. The first-order valence-corrected chi connectivity index (χ1v) is 7.23. The fraction of sp³-hybridized carbons (Fsp3) is 0.143. The highest BCUT2D eigenvalue weighted by Crippen LogP contribution is 2.44. The van der Waals surface area contributed by atoms with Gasteiger partial charge in [0.25, 0.3) is 0 Å². The third kappa shape index (κ3) is 3.05. The van der Waals surface area contributed by atoms with Gasteiger partial charge in [0.05, 0.1) is 20.1 Å². The molecule has 0 atom stereocenters. The molecule has 1 nitrogen and oxygen atoms in total. The van der Waals surface area contributed by atoms with E-state index in [4.69, 9.17) is 46.4 Å². The molecule has 0 fully saturated rings. The summed E-state index contributed by atoms with van der Waals surface area (Å²) in [4.78, 5) is 0. The molecular formula is C14H10Cl4FN. The fourth-order valence-corrected chi connectivity index (χ4v) is 3.07. The molecule has 2 rings (SSSR count). The Hall–Kier alpha value is -0.510. The smallest absolute Gasteiger partial charge is 0.123 e. The van der Waals surface area contributed by atoms with Crippen LogP contribution in [-0.2, 0) is 6.54 Å². The van der Waals surface area contributed by atoms with Crippen LogP contribution >= 0.6 is 46.4 Å². The third-order valence-corrected chi connectivity index (χ3v) is 4.38. The molecule has 0 aliphatic rings. The Morgan fingerprint density at radius 1 is 1.00 bits per heavy atom. The molecule has 2 aromatic rings. The molecule has 6 heteroatoms. The van der Waals surface area contributed by atoms with E-state index in [1.165, 1.54) is 18.2 Å². The van der Waals surface area contributed by atoms with E-state index in [0.29, 0.717) is 22.7 Å². The second kappa shape index (κ2) is 6.50. The fourth-order valence-electron chi connectivity index (χ4n) is 1.96. The van der Waals surface area contributed by atoms with E-state index in [9.17, 15) is 4.39 Å². The SMILES string of the molecule is CNCc1cc(F)ccc1-c1c(Cl)cc(Cl)c(Cl)c1Cl.